The zero-order valence-electron chi connectivity index (χ0n) is 15.8. The highest BCUT2D eigenvalue weighted by atomic mass is 14.7. The minimum absolute atomic E-state index is 0.466. The summed E-state index contributed by atoms with van der Waals surface area (Å²) in [6.45, 7) is 1.98. The van der Waals surface area contributed by atoms with E-state index in [9.17, 15) is 0 Å². The van der Waals surface area contributed by atoms with Crippen LogP contribution in [0.2, 0.25) is 0 Å². The van der Waals surface area contributed by atoms with Gasteiger partial charge in [0.2, 0.25) is 0 Å². The third-order valence-corrected chi connectivity index (χ3v) is 6.90. The zero-order chi connectivity index (χ0) is 18.0. The van der Waals surface area contributed by atoms with Crippen molar-refractivity contribution in [3.05, 3.63) is 17.2 Å². The highest BCUT2D eigenvalue weighted by molar-refractivity contribution is 5.77. The molecule has 4 nitrogen and oxygen atoms in total. The lowest BCUT2D eigenvalue weighted by Crippen LogP contribution is -2.26. The number of hydrogen-bond donors (Lipinski definition) is 4. The Labute approximate surface area is 152 Å². The van der Waals surface area contributed by atoms with Gasteiger partial charge in [-0.3, -0.25) is 0 Å². The third kappa shape index (κ3) is 4.22. The molecule has 140 valence electrons. The van der Waals surface area contributed by atoms with E-state index in [-0.39, 0.29) is 0 Å². The fourth-order valence-corrected chi connectivity index (χ4v) is 4.95. The molecule has 0 saturated heterocycles. The Morgan fingerprint density at radius 1 is 0.800 bits per heavy atom. The van der Waals surface area contributed by atoms with Crippen LogP contribution < -0.4 is 22.9 Å². The normalized spacial score (nSPS) is 30.3. The van der Waals surface area contributed by atoms with E-state index >= 15 is 0 Å². The summed E-state index contributed by atoms with van der Waals surface area (Å²) < 4.78 is 0. The first-order valence-electron chi connectivity index (χ1n) is 10.1. The quantitative estimate of drug-likeness (QED) is 0.611. The van der Waals surface area contributed by atoms with Gasteiger partial charge >= 0.3 is 0 Å². The molecule has 3 rings (SSSR count). The standard InChI is InChI=1S/C21H36N4/c1-13-20(24)18(12-19(23)21(13)25)16-8-4-14(5-9-16)2-3-15-6-10-17(22)11-7-15/h12,14-17H,2-11,22-25H2,1H3. The smallest absolute Gasteiger partial charge is 0.0598 e. The molecule has 0 atom stereocenters. The summed E-state index contributed by atoms with van der Waals surface area (Å²) in [4.78, 5) is 0. The number of nitrogen functional groups attached to an aromatic ring is 3. The minimum atomic E-state index is 0.466. The summed E-state index contributed by atoms with van der Waals surface area (Å²) in [5, 5.41) is 0. The van der Waals surface area contributed by atoms with E-state index in [1.165, 1.54) is 69.8 Å². The fourth-order valence-electron chi connectivity index (χ4n) is 4.95. The van der Waals surface area contributed by atoms with Gasteiger partial charge in [0.25, 0.3) is 0 Å². The maximum Gasteiger partial charge on any atom is 0.0598 e. The van der Waals surface area contributed by atoms with E-state index in [0.717, 1.165) is 23.1 Å². The van der Waals surface area contributed by atoms with Crippen LogP contribution in [0.3, 0.4) is 0 Å². The molecule has 0 radical (unpaired) electrons. The van der Waals surface area contributed by atoms with Gasteiger partial charge in [-0.15, -0.1) is 0 Å². The van der Waals surface area contributed by atoms with Crippen molar-refractivity contribution in [2.45, 2.75) is 83.1 Å². The Kier molecular flexibility index (Phi) is 5.78. The van der Waals surface area contributed by atoms with E-state index in [1.807, 2.05) is 13.0 Å². The molecule has 0 unspecified atom stereocenters. The van der Waals surface area contributed by atoms with Crippen molar-refractivity contribution in [3.63, 3.8) is 0 Å². The zero-order valence-corrected chi connectivity index (χ0v) is 15.8. The van der Waals surface area contributed by atoms with Crippen LogP contribution in [0.1, 0.15) is 81.3 Å². The topological polar surface area (TPSA) is 104 Å². The van der Waals surface area contributed by atoms with Crippen LogP contribution in [0.25, 0.3) is 0 Å². The van der Waals surface area contributed by atoms with E-state index in [0.29, 0.717) is 23.3 Å². The Morgan fingerprint density at radius 3 is 1.88 bits per heavy atom. The van der Waals surface area contributed by atoms with Gasteiger partial charge in [-0.25, -0.2) is 0 Å². The number of rotatable bonds is 4. The van der Waals surface area contributed by atoms with Crippen LogP contribution in [0.4, 0.5) is 17.1 Å². The molecule has 0 amide bonds. The Balaban J connectivity index is 1.51. The second-order valence-corrected chi connectivity index (χ2v) is 8.58. The van der Waals surface area contributed by atoms with Crippen molar-refractivity contribution >= 4 is 17.1 Å². The van der Waals surface area contributed by atoms with Gasteiger partial charge in [-0.05, 0) is 93.2 Å². The van der Waals surface area contributed by atoms with E-state index in [1.54, 1.807) is 0 Å². The minimum Gasteiger partial charge on any atom is -0.398 e. The molecule has 1 aromatic rings. The molecule has 2 fully saturated rings. The van der Waals surface area contributed by atoms with E-state index < -0.39 is 0 Å². The van der Waals surface area contributed by atoms with Crippen LogP contribution >= 0.6 is 0 Å². The summed E-state index contributed by atoms with van der Waals surface area (Å²) in [5.74, 6) is 2.36. The lowest BCUT2D eigenvalue weighted by atomic mass is 9.74. The Hall–Kier alpha value is -1.42. The first-order chi connectivity index (χ1) is 12.0. The first kappa shape index (κ1) is 18.4. The van der Waals surface area contributed by atoms with Crippen LogP contribution in [-0.2, 0) is 0 Å². The molecule has 2 aliphatic rings. The molecule has 4 heteroatoms. The number of anilines is 3. The molecule has 25 heavy (non-hydrogen) atoms. The summed E-state index contributed by atoms with van der Waals surface area (Å²) in [7, 11) is 0. The summed E-state index contributed by atoms with van der Waals surface area (Å²) in [6, 6.07) is 2.49. The van der Waals surface area contributed by atoms with E-state index in [2.05, 4.69) is 0 Å². The van der Waals surface area contributed by atoms with Crippen molar-refractivity contribution in [3.8, 4) is 0 Å². The number of nitrogens with two attached hydrogens (primary N) is 4. The molecule has 0 aliphatic heterocycles. The SMILES string of the molecule is Cc1c(N)c(N)cc(C2CCC(CCC3CCC(N)CC3)CC2)c1N. The summed E-state index contributed by atoms with van der Waals surface area (Å²) in [6.07, 6.45) is 13.0. The van der Waals surface area contributed by atoms with Crippen LogP contribution in [0, 0.1) is 18.8 Å². The monoisotopic (exact) mass is 344 g/mol. The molecule has 0 spiro atoms. The van der Waals surface area contributed by atoms with Crippen LogP contribution in [0.5, 0.6) is 0 Å². The maximum absolute atomic E-state index is 6.34. The molecule has 2 aliphatic carbocycles. The predicted octanol–water partition coefficient (Wildman–Crippen LogP) is 4.31. The number of hydrogen-bond acceptors (Lipinski definition) is 4. The van der Waals surface area contributed by atoms with Gasteiger partial charge in [0.05, 0.1) is 11.4 Å². The molecular weight excluding hydrogens is 308 g/mol. The second kappa shape index (κ2) is 7.86. The highest BCUT2D eigenvalue weighted by Crippen LogP contribution is 2.43. The lowest BCUT2D eigenvalue weighted by Gasteiger charge is -2.32. The summed E-state index contributed by atoms with van der Waals surface area (Å²) in [5.41, 5.74) is 28.8. The van der Waals surface area contributed by atoms with Gasteiger partial charge in [0, 0.05) is 11.7 Å². The Morgan fingerprint density at radius 2 is 1.32 bits per heavy atom. The van der Waals surface area contributed by atoms with Crippen molar-refractivity contribution in [1.82, 2.24) is 0 Å². The molecule has 0 aromatic heterocycles. The number of benzene rings is 1. The summed E-state index contributed by atoms with van der Waals surface area (Å²) >= 11 is 0. The molecule has 2 saturated carbocycles. The van der Waals surface area contributed by atoms with E-state index in [4.69, 9.17) is 22.9 Å². The maximum atomic E-state index is 6.34. The first-order valence-corrected chi connectivity index (χ1v) is 10.1. The van der Waals surface area contributed by atoms with Gasteiger partial charge < -0.3 is 22.9 Å². The van der Waals surface area contributed by atoms with Crippen molar-refractivity contribution in [2.75, 3.05) is 17.2 Å². The average molecular weight is 345 g/mol. The van der Waals surface area contributed by atoms with Gasteiger partial charge in [-0.1, -0.05) is 12.8 Å². The Bertz CT molecular complexity index is 582. The largest absolute Gasteiger partial charge is 0.398 e. The van der Waals surface area contributed by atoms with Crippen molar-refractivity contribution < 1.29 is 0 Å². The molecule has 1 aromatic carbocycles. The lowest BCUT2D eigenvalue weighted by molar-refractivity contribution is 0.252. The fraction of sp³-hybridized carbons (Fsp3) is 0.714. The van der Waals surface area contributed by atoms with Gasteiger partial charge in [0.15, 0.2) is 0 Å². The molecule has 8 N–H and O–H groups in total. The van der Waals surface area contributed by atoms with Crippen LogP contribution in [-0.4, -0.2) is 6.04 Å². The van der Waals surface area contributed by atoms with Crippen LogP contribution in [0.15, 0.2) is 6.07 Å². The molecular formula is C21H36N4. The van der Waals surface area contributed by atoms with Gasteiger partial charge in [-0.2, -0.15) is 0 Å². The third-order valence-electron chi connectivity index (χ3n) is 6.90. The average Bonchev–Trinajstić information content (AvgIpc) is 2.63. The second-order valence-electron chi connectivity index (χ2n) is 8.58. The van der Waals surface area contributed by atoms with Crippen molar-refractivity contribution in [1.29, 1.82) is 0 Å². The van der Waals surface area contributed by atoms with Gasteiger partial charge in [0.1, 0.15) is 0 Å². The molecule has 0 bridgehead atoms. The highest BCUT2D eigenvalue weighted by Gasteiger charge is 2.26. The van der Waals surface area contributed by atoms with Crippen molar-refractivity contribution in [2.24, 2.45) is 17.6 Å². The molecule has 0 heterocycles. The predicted molar refractivity (Wildman–Crippen MR) is 108 cm³/mol.